The lowest BCUT2D eigenvalue weighted by Crippen LogP contribution is -2.38. The Labute approximate surface area is 185 Å². The summed E-state index contributed by atoms with van der Waals surface area (Å²) < 4.78 is 32.7. The van der Waals surface area contributed by atoms with Crippen molar-refractivity contribution < 1.29 is 22.7 Å². The molecule has 0 unspecified atom stereocenters. The molecular weight excluding hydrogens is 436 g/mol. The summed E-state index contributed by atoms with van der Waals surface area (Å²) in [5, 5.41) is 4.21. The van der Waals surface area contributed by atoms with Gasteiger partial charge in [-0.25, -0.2) is 13.2 Å². The number of methoxy groups -OCH3 is 1. The Morgan fingerprint density at radius 2 is 1.55 bits per heavy atom. The first-order valence-electron chi connectivity index (χ1n) is 9.34. The molecule has 1 heterocycles. The third-order valence-electron chi connectivity index (χ3n) is 4.51. The first-order valence-corrected chi connectivity index (χ1v) is 11.7. The lowest BCUT2D eigenvalue weighted by atomic mass is 10.2. The fourth-order valence-electron chi connectivity index (χ4n) is 2.85. The number of nitrogens with one attached hydrogen (secondary N) is 1. The zero-order valence-electron chi connectivity index (χ0n) is 17.3. The van der Waals surface area contributed by atoms with E-state index in [4.69, 9.17) is 4.74 Å². The average molecular weight is 459 g/mol. The number of esters is 1. The molecule has 3 aromatic rings. The third kappa shape index (κ3) is 5.12. The van der Waals surface area contributed by atoms with E-state index in [0.717, 1.165) is 26.8 Å². The molecule has 0 radical (unpaired) electrons. The SMILES string of the molecule is COC(=O)c1sccc1S(=O)(=O)N(CC(=O)Nc1ccc(C)cc1)c1ccc(C)cc1. The number of anilines is 2. The van der Waals surface area contributed by atoms with Crippen LogP contribution < -0.4 is 9.62 Å². The highest BCUT2D eigenvalue weighted by atomic mass is 32.2. The second kappa shape index (κ2) is 9.32. The van der Waals surface area contributed by atoms with Gasteiger partial charge in [-0.3, -0.25) is 9.10 Å². The van der Waals surface area contributed by atoms with Crippen LogP contribution >= 0.6 is 11.3 Å². The molecule has 1 aromatic heterocycles. The molecule has 0 atom stereocenters. The lowest BCUT2D eigenvalue weighted by Gasteiger charge is -2.24. The number of carbonyl (C=O) groups is 2. The van der Waals surface area contributed by atoms with Gasteiger partial charge in [0.25, 0.3) is 10.0 Å². The van der Waals surface area contributed by atoms with E-state index in [9.17, 15) is 18.0 Å². The Balaban J connectivity index is 1.97. The summed E-state index contributed by atoms with van der Waals surface area (Å²) in [7, 11) is -3.04. The minimum absolute atomic E-state index is 0.0430. The lowest BCUT2D eigenvalue weighted by molar-refractivity contribution is -0.114. The standard InChI is InChI=1S/C22H22N2O5S2/c1-15-4-8-17(9-5-15)23-20(25)14-24(18-10-6-16(2)7-11-18)31(27,28)19-12-13-30-21(19)22(26)29-3/h4-13H,14H2,1-3H3,(H,23,25). The first kappa shape index (κ1) is 22.5. The van der Waals surface area contributed by atoms with Gasteiger partial charge in [0.05, 0.1) is 12.8 Å². The van der Waals surface area contributed by atoms with Gasteiger partial charge in [-0.2, -0.15) is 0 Å². The summed E-state index contributed by atoms with van der Waals surface area (Å²) in [6, 6.07) is 15.3. The maximum Gasteiger partial charge on any atom is 0.349 e. The van der Waals surface area contributed by atoms with E-state index in [1.165, 1.54) is 18.6 Å². The van der Waals surface area contributed by atoms with Crippen LogP contribution in [0.15, 0.2) is 64.9 Å². The number of carbonyl (C=O) groups excluding carboxylic acids is 2. The molecule has 31 heavy (non-hydrogen) atoms. The van der Waals surface area contributed by atoms with Crippen LogP contribution in [-0.2, 0) is 19.6 Å². The first-order chi connectivity index (χ1) is 14.7. The summed E-state index contributed by atoms with van der Waals surface area (Å²) in [5.74, 6) is -1.26. The molecule has 0 spiro atoms. The molecule has 0 aliphatic carbocycles. The molecule has 0 aliphatic heterocycles. The molecule has 7 nitrogen and oxygen atoms in total. The molecule has 0 fully saturated rings. The average Bonchev–Trinajstić information content (AvgIpc) is 3.25. The molecule has 0 saturated carbocycles. The van der Waals surface area contributed by atoms with Crippen molar-refractivity contribution in [2.24, 2.45) is 0 Å². The van der Waals surface area contributed by atoms with Gasteiger partial charge in [-0.15, -0.1) is 11.3 Å². The van der Waals surface area contributed by atoms with Crippen molar-refractivity contribution in [2.45, 2.75) is 18.7 Å². The fourth-order valence-corrected chi connectivity index (χ4v) is 5.59. The van der Waals surface area contributed by atoms with Gasteiger partial charge in [-0.05, 0) is 49.6 Å². The molecule has 1 amide bonds. The molecule has 1 N–H and O–H groups in total. The smallest absolute Gasteiger partial charge is 0.349 e. The summed E-state index contributed by atoms with van der Waals surface area (Å²) >= 11 is 0.966. The summed E-state index contributed by atoms with van der Waals surface area (Å²) in [4.78, 5) is 24.6. The normalized spacial score (nSPS) is 11.1. The van der Waals surface area contributed by atoms with Gasteiger partial charge in [0.1, 0.15) is 16.3 Å². The van der Waals surface area contributed by atoms with Gasteiger partial charge in [0, 0.05) is 5.69 Å². The molecule has 0 aliphatic rings. The number of rotatable bonds is 7. The Kier molecular flexibility index (Phi) is 6.77. The second-order valence-electron chi connectivity index (χ2n) is 6.87. The molecule has 2 aromatic carbocycles. The number of ether oxygens (including phenoxy) is 1. The minimum Gasteiger partial charge on any atom is -0.465 e. The fraction of sp³-hybridized carbons (Fsp3) is 0.182. The monoisotopic (exact) mass is 458 g/mol. The van der Waals surface area contributed by atoms with Crippen molar-refractivity contribution in [1.29, 1.82) is 0 Å². The maximum absolute atomic E-state index is 13.5. The molecule has 0 bridgehead atoms. The third-order valence-corrected chi connectivity index (χ3v) is 7.35. The van der Waals surface area contributed by atoms with E-state index in [1.54, 1.807) is 36.4 Å². The molecule has 0 saturated heterocycles. The predicted octanol–water partition coefficient (Wildman–Crippen LogP) is 3.99. The molecule has 3 rings (SSSR count). The van der Waals surface area contributed by atoms with E-state index in [1.807, 2.05) is 26.0 Å². The van der Waals surface area contributed by atoms with E-state index in [0.29, 0.717) is 11.4 Å². The number of hydrogen-bond donors (Lipinski definition) is 1. The molecular formula is C22H22N2O5S2. The molecule has 9 heteroatoms. The number of amides is 1. The largest absolute Gasteiger partial charge is 0.465 e. The van der Waals surface area contributed by atoms with Gasteiger partial charge in [-0.1, -0.05) is 35.4 Å². The maximum atomic E-state index is 13.5. The van der Waals surface area contributed by atoms with Crippen LogP contribution in [0.3, 0.4) is 0 Å². The Bertz CT molecular complexity index is 1180. The Morgan fingerprint density at radius 1 is 0.968 bits per heavy atom. The highest BCUT2D eigenvalue weighted by molar-refractivity contribution is 7.93. The number of thiophene rings is 1. The van der Waals surface area contributed by atoms with Gasteiger partial charge >= 0.3 is 5.97 Å². The van der Waals surface area contributed by atoms with Crippen LogP contribution in [0.1, 0.15) is 20.8 Å². The highest BCUT2D eigenvalue weighted by Crippen LogP contribution is 2.29. The number of nitrogens with zero attached hydrogens (tertiary/aromatic N) is 1. The zero-order valence-corrected chi connectivity index (χ0v) is 18.9. The van der Waals surface area contributed by atoms with Gasteiger partial charge in [0.2, 0.25) is 5.91 Å². The van der Waals surface area contributed by atoms with Crippen LogP contribution in [0, 0.1) is 13.8 Å². The summed E-state index contributed by atoms with van der Waals surface area (Å²) in [6.45, 7) is 3.34. The van der Waals surface area contributed by atoms with Crippen molar-refractivity contribution >= 4 is 44.6 Å². The highest BCUT2D eigenvalue weighted by Gasteiger charge is 2.32. The van der Waals surface area contributed by atoms with Crippen LogP contribution in [-0.4, -0.2) is 33.9 Å². The van der Waals surface area contributed by atoms with Crippen molar-refractivity contribution in [3.63, 3.8) is 0 Å². The van der Waals surface area contributed by atoms with Crippen LogP contribution in [0.4, 0.5) is 11.4 Å². The van der Waals surface area contributed by atoms with Gasteiger partial charge in [0.15, 0.2) is 0 Å². The van der Waals surface area contributed by atoms with Crippen LogP contribution in [0.2, 0.25) is 0 Å². The zero-order chi connectivity index (χ0) is 22.6. The summed E-state index contributed by atoms with van der Waals surface area (Å²) in [5.41, 5.74) is 2.85. The quantitative estimate of drug-likeness (QED) is 0.541. The number of benzene rings is 2. The number of hydrogen-bond acceptors (Lipinski definition) is 6. The van der Waals surface area contributed by atoms with Crippen molar-refractivity contribution in [2.75, 3.05) is 23.3 Å². The minimum atomic E-state index is -4.22. The predicted molar refractivity (Wildman–Crippen MR) is 121 cm³/mol. The van der Waals surface area contributed by atoms with Gasteiger partial charge < -0.3 is 10.1 Å². The van der Waals surface area contributed by atoms with E-state index < -0.39 is 28.4 Å². The van der Waals surface area contributed by atoms with E-state index in [-0.39, 0.29) is 9.77 Å². The Hall–Kier alpha value is -3.17. The van der Waals surface area contributed by atoms with E-state index >= 15 is 0 Å². The van der Waals surface area contributed by atoms with Crippen molar-refractivity contribution in [1.82, 2.24) is 0 Å². The van der Waals surface area contributed by atoms with Crippen LogP contribution in [0.5, 0.6) is 0 Å². The Morgan fingerprint density at radius 3 is 2.13 bits per heavy atom. The summed E-state index contributed by atoms with van der Waals surface area (Å²) in [6.07, 6.45) is 0. The van der Waals surface area contributed by atoms with Crippen molar-refractivity contribution in [3.8, 4) is 0 Å². The van der Waals surface area contributed by atoms with Crippen molar-refractivity contribution in [3.05, 3.63) is 76.0 Å². The molecule has 162 valence electrons. The second-order valence-corrected chi connectivity index (χ2v) is 9.61. The van der Waals surface area contributed by atoms with Crippen LogP contribution in [0.25, 0.3) is 0 Å². The van der Waals surface area contributed by atoms with E-state index in [2.05, 4.69) is 5.32 Å². The number of aryl methyl sites for hydroxylation is 2. The topological polar surface area (TPSA) is 92.8 Å². The number of sulfonamides is 1.